The molecule has 2 N–H and O–H groups in total. The first-order valence-electron chi connectivity index (χ1n) is 6.10. The fourth-order valence-electron chi connectivity index (χ4n) is 2.29. The zero-order valence-electron chi connectivity index (χ0n) is 10.6. The van der Waals surface area contributed by atoms with E-state index in [1.165, 1.54) is 6.33 Å². The number of nitrogens with two attached hydrogens (primary N) is 1. The minimum Gasteiger partial charge on any atom is -0.383 e. The van der Waals surface area contributed by atoms with Gasteiger partial charge in [0.2, 0.25) is 0 Å². The fourth-order valence-corrected chi connectivity index (χ4v) is 2.29. The topological polar surface area (TPSA) is 72.1 Å². The molecule has 0 bridgehead atoms. The van der Waals surface area contributed by atoms with Crippen molar-refractivity contribution >= 4 is 23.5 Å². The lowest BCUT2D eigenvalue weighted by atomic mass is 9.98. The second-order valence-electron chi connectivity index (χ2n) is 4.70. The molecule has 0 radical (unpaired) electrons. The first-order chi connectivity index (χ1) is 8.63. The average molecular weight is 246 g/mol. The van der Waals surface area contributed by atoms with Gasteiger partial charge >= 0.3 is 0 Å². The van der Waals surface area contributed by atoms with Crippen LogP contribution in [0.15, 0.2) is 12.9 Å². The van der Waals surface area contributed by atoms with E-state index in [4.69, 9.17) is 5.73 Å². The molecule has 0 spiro atoms. The minimum atomic E-state index is 0.175. The van der Waals surface area contributed by atoms with Crippen LogP contribution in [0.1, 0.15) is 25.3 Å². The molecule has 1 aromatic rings. The number of piperidine rings is 1. The van der Waals surface area contributed by atoms with E-state index in [0.717, 1.165) is 49.2 Å². The van der Waals surface area contributed by atoms with Crippen molar-refractivity contribution in [2.24, 2.45) is 5.92 Å². The number of rotatable bonds is 3. The number of carbonyl (C=O) groups excluding carboxylic acids is 1. The third kappa shape index (κ3) is 2.34. The molecule has 1 aliphatic heterocycles. The number of hydrogen-bond donors (Lipinski definition) is 1. The van der Waals surface area contributed by atoms with E-state index in [-0.39, 0.29) is 5.92 Å². The number of hydrogen-bond acceptors (Lipinski definition) is 5. The molecule has 1 saturated heterocycles. The van der Waals surface area contributed by atoms with Gasteiger partial charge < -0.3 is 15.4 Å². The van der Waals surface area contributed by atoms with Crippen molar-refractivity contribution in [3.63, 3.8) is 0 Å². The molecule has 18 heavy (non-hydrogen) atoms. The molecule has 1 aliphatic rings. The van der Waals surface area contributed by atoms with Crippen molar-refractivity contribution in [1.82, 2.24) is 9.97 Å². The first kappa shape index (κ1) is 12.5. The number of nitrogen functional groups attached to an aromatic ring is 1. The van der Waals surface area contributed by atoms with Crippen molar-refractivity contribution in [3.8, 4) is 0 Å². The summed E-state index contributed by atoms with van der Waals surface area (Å²) in [6, 6.07) is 0. The van der Waals surface area contributed by atoms with Crippen LogP contribution in [-0.4, -0.2) is 29.3 Å². The van der Waals surface area contributed by atoms with Crippen LogP contribution in [0, 0.1) is 5.92 Å². The Bertz CT molecular complexity index is 464. The van der Waals surface area contributed by atoms with Gasteiger partial charge in [-0.25, -0.2) is 9.97 Å². The van der Waals surface area contributed by atoms with Gasteiger partial charge in [-0.05, 0) is 25.3 Å². The number of anilines is 2. The molecule has 0 aliphatic carbocycles. The molecule has 0 unspecified atom stereocenters. The summed E-state index contributed by atoms with van der Waals surface area (Å²) < 4.78 is 0. The number of aromatic nitrogens is 2. The zero-order chi connectivity index (χ0) is 13.1. The van der Waals surface area contributed by atoms with Crippen LogP contribution in [0.4, 0.5) is 11.6 Å². The van der Waals surface area contributed by atoms with E-state index in [0.29, 0.717) is 5.82 Å². The third-order valence-corrected chi connectivity index (χ3v) is 3.31. The van der Waals surface area contributed by atoms with Crippen LogP contribution >= 0.6 is 0 Å². The maximum atomic E-state index is 10.8. The van der Waals surface area contributed by atoms with Crippen LogP contribution in [0.3, 0.4) is 0 Å². The minimum absolute atomic E-state index is 0.175. The summed E-state index contributed by atoms with van der Waals surface area (Å²) in [7, 11) is 0. The van der Waals surface area contributed by atoms with Crippen LogP contribution in [0.25, 0.3) is 5.57 Å². The number of nitrogens with zero attached hydrogens (tertiary/aromatic N) is 3. The molecule has 2 heterocycles. The Morgan fingerprint density at radius 2 is 2.17 bits per heavy atom. The SMILES string of the molecule is C=C(C)c1c(N)ncnc1N1CCC(C=O)CC1. The molecule has 1 aromatic heterocycles. The predicted molar refractivity (Wildman–Crippen MR) is 72.2 cm³/mol. The van der Waals surface area contributed by atoms with E-state index in [9.17, 15) is 4.79 Å². The average Bonchev–Trinajstić information content (AvgIpc) is 2.38. The van der Waals surface area contributed by atoms with Crippen molar-refractivity contribution < 1.29 is 4.79 Å². The number of aldehydes is 1. The Hall–Kier alpha value is -1.91. The third-order valence-electron chi connectivity index (χ3n) is 3.31. The second kappa shape index (κ2) is 5.16. The standard InChI is InChI=1S/C13H18N4O/c1-9(2)11-12(14)15-8-16-13(11)17-5-3-10(7-18)4-6-17/h7-8,10H,1,3-6H2,2H3,(H2,14,15,16). The van der Waals surface area contributed by atoms with Crippen molar-refractivity contribution in [3.05, 3.63) is 18.5 Å². The van der Waals surface area contributed by atoms with Gasteiger partial charge in [0.05, 0.1) is 5.56 Å². The van der Waals surface area contributed by atoms with E-state index >= 15 is 0 Å². The van der Waals surface area contributed by atoms with Gasteiger partial charge in [0.1, 0.15) is 24.2 Å². The highest BCUT2D eigenvalue weighted by atomic mass is 16.1. The highest BCUT2D eigenvalue weighted by Gasteiger charge is 2.22. The smallest absolute Gasteiger partial charge is 0.141 e. The van der Waals surface area contributed by atoms with Gasteiger partial charge in [-0.2, -0.15) is 0 Å². The molecule has 1 fully saturated rings. The van der Waals surface area contributed by atoms with Gasteiger partial charge in [-0.15, -0.1) is 0 Å². The maximum absolute atomic E-state index is 10.8. The van der Waals surface area contributed by atoms with Crippen molar-refractivity contribution in [2.75, 3.05) is 23.7 Å². The van der Waals surface area contributed by atoms with Crippen LogP contribution in [0.2, 0.25) is 0 Å². The van der Waals surface area contributed by atoms with Crippen molar-refractivity contribution in [1.29, 1.82) is 0 Å². The molecular formula is C13H18N4O. The number of carbonyl (C=O) groups is 1. The summed E-state index contributed by atoms with van der Waals surface area (Å²) in [6.07, 6.45) is 4.25. The molecule has 0 saturated carbocycles. The van der Waals surface area contributed by atoms with Gasteiger partial charge in [-0.3, -0.25) is 0 Å². The quantitative estimate of drug-likeness (QED) is 0.818. The summed E-state index contributed by atoms with van der Waals surface area (Å²) in [6.45, 7) is 7.47. The monoisotopic (exact) mass is 246 g/mol. The second-order valence-corrected chi connectivity index (χ2v) is 4.70. The zero-order valence-corrected chi connectivity index (χ0v) is 10.6. The summed E-state index contributed by atoms with van der Waals surface area (Å²) in [5.41, 5.74) is 7.57. The Balaban J connectivity index is 2.26. The largest absolute Gasteiger partial charge is 0.383 e. The van der Waals surface area contributed by atoms with E-state index in [2.05, 4.69) is 21.4 Å². The Morgan fingerprint density at radius 3 is 2.72 bits per heavy atom. The van der Waals surface area contributed by atoms with Crippen LogP contribution in [-0.2, 0) is 4.79 Å². The normalized spacial score (nSPS) is 16.6. The van der Waals surface area contributed by atoms with Crippen LogP contribution < -0.4 is 10.6 Å². The number of allylic oxidation sites excluding steroid dienone is 1. The fraction of sp³-hybridized carbons (Fsp3) is 0.462. The van der Waals surface area contributed by atoms with Gasteiger partial charge in [-0.1, -0.05) is 6.58 Å². The van der Waals surface area contributed by atoms with Crippen molar-refractivity contribution in [2.45, 2.75) is 19.8 Å². The lowest BCUT2D eigenvalue weighted by Gasteiger charge is -2.32. The molecular weight excluding hydrogens is 228 g/mol. The Kier molecular flexibility index (Phi) is 3.60. The molecule has 0 amide bonds. The molecule has 0 atom stereocenters. The summed E-state index contributed by atoms with van der Waals surface area (Å²) in [5, 5.41) is 0. The lowest BCUT2D eigenvalue weighted by molar-refractivity contribution is -0.111. The Morgan fingerprint density at radius 1 is 1.50 bits per heavy atom. The van der Waals surface area contributed by atoms with Gasteiger partial charge in [0.25, 0.3) is 0 Å². The first-order valence-corrected chi connectivity index (χ1v) is 6.10. The molecule has 0 aromatic carbocycles. The van der Waals surface area contributed by atoms with Crippen LogP contribution in [0.5, 0.6) is 0 Å². The summed E-state index contributed by atoms with van der Waals surface area (Å²) in [5.74, 6) is 1.47. The highest BCUT2D eigenvalue weighted by molar-refractivity contribution is 5.79. The van der Waals surface area contributed by atoms with Gasteiger partial charge in [0, 0.05) is 19.0 Å². The van der Waals surface area contributed by atoms with E-state index in [1.807, 2.05) is 6.92 Å². The summed E-state index contributed by atoms with van der Waals surface area (Å²) >= 11 is 0. The summed E-state index contributed by atoms with van der Waals surface area (Å²) in [4.78, 5) is 21.2. The lowest BCUT2D eigenvalue weighted by Crippen LogP contribution is -2.35. The molecule has 96 valence electrons. The Labute approximate surface area is 107 Å². The maximum Gasteiger partial charge on any atom is 0.141 e. The van der Waals surface area contributed by atoms with E-state index in [1.54, 1.807) is 0 Å². The predicted octanol–water partition coefficient (Wildman–Crippen LogP) is 1.51. The van der Waals surface area contributed by atoms with E-state index < -0.39 is 0 Å². The molecule has 5 heteroatoms. The molecule has 5 nitrogen and oxygen atoms in total. The molecule has 2 rings (SSSR count). The highest BCUT2D eigenvalue weighted by Crippen LogP contribution is 2.30. The van der Waals surface area contributed by atoms with Gasteiger partial charge in [0.15, 0.2) is 0 Å².